The number of hydrogen-bond acceptors (Lipinski definition) is 4. The molecule has 6 heteroatoms. The molecule has 1 aliphatic rings. The van der Waals surface area contributed by atoms with E-state index >= 15 is 0 Å². The molecule has 1 saturated heterocycles. The summed E-state index contributed by atoms with van der Waals surface area (Å²) in [6.45, 7) is 1.49. The Labute approximate surface area is 124 Å². The summed E-state index contributed by atoms with van der Waals surface area (Å²) in [5, 5.41) is 9.05. The van der Waals surface area contributed by atoms with E-state index in [1.54, 1.807) is 12.4 Å². The van der Waals surface area contributed by atoms with Gasteiger partial charge in [0.1, 0.15) is 5.52 Å². The third-order valence-corrected chi connectivity index (χ3v) is 4.14. The fraction of sp³-hybridized carbons (Fsp3) is 0.357. The van der Waals surface area contributed by atoms with Crippen molar-refractivity contribution in [1.82, 2.24) is 9.97 Å². The zero-order chi connectivity index (χ0) is 14.1. The van der Waals surface area contributed by atoms with Crippen LogP contribution >= 0.6 is 15.9 Å². The molecule has 0 atom stereocenters. The van der Waals surface area contributed by atoms with Crippen LogP contribution in [-0.2, 0) is 4.79 Å². The van der Waals surface area contributed by atoms with Gasteiger partial charge in [-0.05, 0) is 40.9 Å². The van der Waals surface area contributed by atoms with Crippen LogP contribution < -0.4 is 4.90 Å². The monoisotopic (exact) mass is 335 g/mol. The Morgan fingerprint density at radius 1 is 1.35 bits per heavy atom. The Kier molecular flexibility index (Phi) is 3.56. The Hall–Kier alpha value is -1.69. The van der Waals surface area contributed by atoms with Crippen molar-refractivity contribution in [3.63, 3.8) is 0 Å². The van der Waals surface area contributed by atoms with Crippen molar-refractivity contribution in [1.29, 1.82) is 0 Å². The van der Waals surface area contributed by atoms with Gasteiger partial charge in [0.2, 0.25) is 0 Å². The first-order valence-electron chi connectivity index (χ1n) is 6.53. The second-order valence-electron chi connectivity index (χ2n) is 4.95. The second-order valence-corrected chi connectivity index (χ2v) is 5.87. The SMILES string of the molecule is O=C(O)C1CCN(c2ccnc3cc(Br)cnc23)CC1. The summed E-state index contributed by atoms with van der Waals surface area (Å²) in [6, 6.07) is 3.89. The highest BCUT2D eigenvalue weighted by molar-refractivity contribution is 9.10. The molecule has 3 rings (SSSR count). The van der Waals surface area contributed by atoms with Crippen LogP contribution in [0.3, 0.4) is 0 Å². The molecule has 20 heavy (non-hydrogen) atoms. The van der Waals surface area contributed by atoms with Gasteiger partial charge in [-0.3, -0.25) is 14.8 Å². The number of carboxylic acids is 1. The van der Waals surface area contributed by atoms with E-state index in [0.717, 1.165) is 34.3 Å². The maximum absolute atomic E-state index is 11.0. The van der Waals surface area contributed by atoms with Gasteiger partial charge in [0, 0.05) is 30.0 Å². The van der Waals surface area contributed by atoms with Gasteiger partial charge in [-0.2, -0.15) is 0 Å². The van der Waals surface area contributed by atoms with Crippen LogP contribution in [0.25, 0.3) is 11.0 Å². The van der Waals surface area contributed by atoms with Crippen molar-refractivity contribution >= 4 is 38.6 Å². The van der Waals surface area contributed by atoms with Gasteiger partial charge in [-0.1, -0.05) is 0 Å². The lowest BCUT2D eigenvalue weighted by atomic mass is 9.97. The van der Waals surface area contributed by atoms with Crippen molar-refractivity contribution in [2.75, 3.05) is 18.0 Å². The molecule has 104 valence electrons. The maximum atomic E-state index is 11.0. The summed E-state index contributed by atoms with van der Waals surface area (Å²) < 4.78 is 0.902. The van der Waals surface area contributed by atoms with E-state index in [9.17, 15) is 4.79 Å². The van der Waals surface area contributed by atoms with Gasteiger partial charge in [-0.25, -0.2) is 0 Å². The van der Waals surface area contributed by atoms with Crippen molar-refractivity contribution in [2.24, 2.45) is 5.92 Å². The molecule has 0 unspecified atom stereocenters. The highest BCUT2D eigenvalue weighted by Gasteiger charge is 2.25. The lowest BCUT2D eigenvalue weighted by Gasteiger charge is -2.32. The average molecular weight is 336 g/mol. The van der Waals surface area contributed by atoms with Crippen molar-refractivity contribution in [3.8, 4) is 0 Å². The number of rotatable bonds is 2. The largest absolute Gasteiger partial charge is 0.481 e. The first-order chi connectivity index (χ1) is 9.65. The zero-order valence-electron chi connectivity index (χ0n) is 10.8. The van der Waals surface area contributed by atoms with Gasteiger partial charge in [0.25, 0.3) is 0 Å². The van der Waals surface area contributed by atoms with E-state index in [1.165, 1.54) is 0 Å². The number of halogens is 1. The fourth-order valence-corrected chi connectivity index (χ4v) is 2.93. The van der Waals surface area contributed by atoms with Gasteiger partial charge in [0.05, 0.1) is 17.1 Å². The average Bonchev–Trinajstić information content (AvgIpc) is 2.46. The molecule has 1 N–H and O–H groups in total. The Morgan fingerprint density at radius 3 is 2.80 bits per heavy atom. The molecule has 5 nitrogen and oxygen atoms in total. The topological polar surface area (TPSA) is 66.3 Å². The molecule has 2 aromatic heterocycles. The minimum absolute atomic E-state index is 0.221. The van der Waals surface area contributed by atoms with Crippen LogP contribution in [0.5, 0.6) is 0 Å². The molecule has 1 aliphatic heterocycles. The predicted molar refractivity (Wildman–Crippen MR) is 79.8 cm³/mol. The van der Waals surface area contributed by atoms with E-state index in [1.807, 2.05) is 12.1 Å². The summed E-state index contributed by atoms with van der Waals surface area (Å²) in [4.78, 5) is 22.0. The van der Waals surface area contributed by atoms with Crippen LogP contribution in [0.2, 0.25) is 0 Å². The van der Waals surface area contributed by atoms with Crippen LogP contribution in [0, 0.1) is 5.92 Å². The van der Waals surface area contributed by atoms with Crippen LogP contribution in [-0.4, -0.2) is 34.1 Å². The highest BCUT2D eigenvalue weighted by atomic mass is 79.9. The molecule has 1 fully saturated rings. The van der Waals surface area contributed by atoms with Gasteiger partial charge >= 0.3 is 5.97 Å². The molecule has 0 radical (unpaired) electrons. The maximum Gasteiger partial charge on any atom is 0.306 e. The lowest BCUT2D eigenvalue weighted by molar-refractivity contribution is -0.142. The zero-order valence-corrected chi connectivity index (χ0v) is 12.4. The normalized spacial score (nSPS) is 16.6. The number of aliphatic carboxylic acids is 1. The molecule has 0 saturated carbocycles. The Balaban J connectivity index is 1.90. The number of piperidine rings is 1. The highest BCUT2D eigenvalue weighted by Crippen LogP contribution is 2.29. The molecule has 3 heterocycles. The van der Waals surface area contributed by atoms with E-state index in [0.29, 0.717) is 12.8 Å². The molecule has 0 aliphatic carbocycles. The molecule has 2 aromatic rings. The van der Waals surface area contributed by atoms with Gasteiger partial charge in [0.15, 0.2) is 0 Å². The summed E-state index contributed by atoms with van der Waals surface area (Å²) in [6.07, 6.45) is 4.89. The molecule has 0 spiro atoms. The smallest absolute Gasteiger partial charge is 0.306 e. The second kappa shape index (κ2) is 5.36. The molecular weight excluding hydrogens is 322 g/mol. The number of aromatic nitrogens is 2. The summed E-state index contributed by atoms with van der Waals surface area (Å²) in [5.41, 5.74) is 2.74. The van der Waals surface area contributed by atoms with Crippen molar-refractivity contribution in [2.45, 2.75) is 12.8 Å². The molecule has 0 aromatic carbocycles. The van der Waals surface area contributed by atoms with Crippen molar-refractivity contribution < 1.29 is 9.90 Å². The first kappa shape index (κ1) is 13.3. The number of nitrogens with zero attached hydrogens (tertiary/aromatic N) is 3. The molecule has 0 bridgehead atoms. The summed E-state index contributed by atoms with van der Waals surface area (Å²) in [7, 11) is 0. The number of hydrogen-bond donors (Lipinski definition) is 1. The minimum Gasteiger partial charge on any atom is -0.481 e. The van der Waals surface area contributed by atoms with E-state index in [2.05, 4.69) is 30.8 Å². The number of carboxylic acid groups (broad SMARTS) is 1. The lowest BCUT2D eigenvalue weighted by Crippen LogP contribution is -2.36. The minimum atomic E-state index is -0.689. The third kappa shape index (κ3) is 2.47. The van der Waals surface area contributed by atoms with Crippen molar-refractivity contribution in [3.05, 3.63) is 29.0 Å². The number of carbonyl (C=O) groups is 1. The third-order valence-electron chi connectivity index (χ3n) is 3.71. The van der Waals surface area contributed by atoms with Crippen LogP contribution in [0.1, 0.15) is 12.8 Å². The van der Waals surface area contributed by atoms with Crippen LogP contribution in [0.15, 0.2) is 29.0 Å². The Morgan fingerprint density at radius 2 is 2.10 bits per heavy atom. The molecule has 0 amide bonds. The number of fused-ring (bicyclic) bond motifs is 1. The van der Waals surface area contributed by atoms with E-state index in [-0.39, 0.29) is 5.92 Å². The standard InChI is InChI=1S/C14H14BrN3O2/c15-10-7-11-13(17-8-10)12(1-4-16-11)18-5-2-9(3-6-18)14(19)20/h1,4,7-9H,2-3,5-6H2,(H,19,20). The van der Waals surface area contributed by atoms with Crippen LogP contribution in [0.4, 0.5) is 5.69 Å². The summed E-state index contributed by atoms with van der Waals surface area (Å²) >= 11 is 3.40. The first-order valence-corrected chi connectivity index (χ1v) is 7.32. The van der Waals surface area contributed by atoms with E-state index < -0.39 is 5.97 Å². The number of anilines is 1. The van der Waals surface area contributed by atoms with Gasteiger partial charge < -0.3 is 10.0 Å². The quantitative estimate of drug-likeness (QED) is 0.913. The predicted octanol–water partition coefficient (Wildman–Crippen LogP) is 2.69. The Bertz CT molecular complexity index is 654. The summed E-state index contributed by atoms with van der Waals surface area (Å²) in [5.74, 6) is -0.909. The number of pyridine rings is 2. The van der Waals surface area contributed by atoms with Gasteiger partial charge in [-0.15, -0.1) is 0 Å². The fourth-order valence-electron chi connectivity index (χ4n) is 2.61. The van der Waals surface area contributed by atoms with E-state index in [4.69, 9.17) is 5.11 Å². The molecular formula is C14H14BrN3O2.